The summed E-state index contributed by atoms with van der Waals surface area (Å²) in [5, 5.41) is 3.17. The summed E-state index contributed by atoms with van der Waals surface area (Å²) in [5.74, 6) is 0.412. The predicted octanol–water partition coefficient (Wildman–Crippen LogP) is 4.00. The zero-order valence-electron chi connectivity index (χ0n) is 22.4. The molecule has 3 aromatic carbocycles. The van der Waals surface area contributed by atoms with E-state index in [0.717, 1.165) is 11.8 Å². The maximum atomic E-state index is 13.7. The highest BCUT2D eigenvalue weighted by atomic mass is 35.5. The Labute approximate surface area is 239 Å². The molecule has 2 amide bonds. The van der Waals surface area contributed by atoms with Crippen LogP contribution in [0.15, 0.2) is 72.8 Å². The second kappa shape index (κ2) is 13.1. The van der Waals surface area contributed by atoms with Crippen LogP contribution in [0.4, 0.5) is 5.69 Å². The van der Waals surface area contributed by atoms with Crippen LogP contribution in [0.3, 0.4) is 0 Å². The largest absolute Gasteiger partial charge is 0.454 e. The molecule has 0 radical (unpaired) electrons. The molecule has 0 saturated carbocycles. The molecule has 0 spiro atoms. The first kappa shape index (κ1) is 29.2. The number of nitrogens with one attached hydrogen (secondary N) is 1. The molecule has 0 aromatic heterocycles. The van der Waals surface area contributed by atoms with Crippen molar-refractivity contribution < 1.29 is 27.5 Å². The molecule has 9 nitrogen and oxygen atoms in total. The number of nitrogens with zero attached hydrogens (tertiary/aromatic N) is 2. The highest BCUT2D eigenvalue weighted by Gasteiger charge is 2.30. The number of rotatable bonds is 12. The van der Waals surface area contributed by atoms with Gasteiger partial charge in [-0.1, -0.05) is 60.1 Å². The van der Waals surface area contributed by atoms with Gasteiger partial charge in [0, 0.05) is 44.1 Å². The summed E-state index contributed by atoms with van der Waals surface area (Å²) >= 11 is 6.42. The summed E-state index contributed by atoms with van der Waals surface area (Å²) in [6.07, 6.45) is 1.67. The molecular formula is C29H32ClN3O6S. The van der Waals surface area contributed by atoms with Crippen LogP contribution in [-0.4, -0.2) is 57.8 Å². The normalized spacial score (nSPS) is 13.0. The molecule has 0 fully saturated rings. The van der Waals surface area contributed by atoms with Crippen LogP contribution in [0, 0.1) is 0 Å². The Morgan fingerprint density at radius 2 is 1.70 bits per heavy atom. The van der Waals surface area contributed by atoms with Crippen molar-refractivity contribution in [1.29, 1.82) is 0 Å². The first-order valence-electron chi connectivity index (χ1n) is 12.8. The van der Waals surface area contributed by atoms with E-state index in [1.165, 1.54) is 16.3 Å². The highest BCUT2D eigenvalue weighted by molar-refractivity contribution is 7.92. The molecule has 11 heteroatoms. The number of carbonyl (C=O) groups is 2. The standard InChI is InChI=1S/C29H32ClN3O6S/c1-31-29(35)25(17-21-9-4-3-5-10-21)32(19-22-11-6-7-12-24(22)30)28(34)13-8-16-33(40(2,36)37)23-14-15-26-27(18-23)39-20-38-26/h3-7,9-12,14-15,18,25H,8,13,16-17,19-20H2,1-2H3,(H,31,35)/t25-/m0/s1. The van der Waals surface area contributed by atoms with E-state index in [0.29, 0.717) is 34.2 Å². The van der Waals surface area contributed by atoms with E-state index in [1.807, 2.05) is 42.5 Å². The maximum Gasteiger partial charge on any atom is 0.242 e. The monoisotopic (exact) mass is 585 g/mol. The van der Waals surface area contributed by atoms with Gasteiger partial charge in [0.1, 0.15) is 6.04 Å². The van der Waals surface area contributed by atoms with Gasteiger partial charge in [0.2, 0.25) is 28.6 Å². The zero-order chi connectivity index (χ0) is 28.7. The number of hydrogen-bond acceptors (Lipinski definition) is 6. The Balaban J connectivity index is 1.55. The Kier molecular flexibility index (Phi) is 9.54. The van der Waals surface area contributed by atoms with Gasteiger partial charge in [-0.05, 0) is 35.7 Å². The highest BCUT2D eigenvalue weighted by Crippen LogP contribution is 2.36. The Hall–Kier alpha value is -3.76. The fourth-order valence-electron chi connectivity index (χ4n) is 4.57. The van der Waals surface area contributed by atoms with Crippen LogP contribution >= 0.6 is 11.6 Å². The van der Waals surface area contributed by atoms with E-state index < -0.39 is 16.1 Å². The lowest BCUT2D eigenvalue weighted by molar-refractivity contribution is -0.141. The number of hydrogen-bond donors (Lipinski definition) is 1. The minimum Gasteiger partial charge on any atom is -0.454 e. The molecule has 0 saturated heterocycles. The van der Waals surface area contributed by atoms with E-state index in [-0.39, 0.29) is 44.5 Å². The number of likely N-dealkylation sites (N-methyl/N-ethyl adjacent to an activating group) is 1. The smallest absolute Gasteiger partial charge is 0.242 e. The first-order valence-corrected chi connectivity index (χ1v) is 15.1. The fraction of sp³-hybridized carbons (Fsp3) is 0.310. The van der Waals surface area contributed by atoms with Crippen molar-refractivity contribution in [3.05, 3.63) is 88.9 Å². The lowest BCUT2D eigenvalue weighted by atomic mass is 10.0. The molecule has 1 N–H and O–H groups in total. The number of carbonyl (C=O) groups excluding carboxylic acids is 2. The molecule has 40 heavy (non-hydrogen) atoms. The van der Waals surface area contributed by atoms with Crippen molar-refractivity contribution >= 4 is 39.1 Å². The average Bonchev–Trinajstić information content (AvgIpc) is 3.41. The summed E-state index contributed by atoms with van der Waals surface area (Å²) in [6.45, 7) is 0.262. The molecule has 0 bridgehead atoms. The number of amides is 2. The molecule has 1 aliphatic rings. The van der Waals surface area contributed by atoms with Crippen molar-refractivity contribution in [2.45, 2.75) is 31.8 Å². The van der Waals surface area contributed by atoms with E-state index in [9.17, 15) is 18.0 Å². The third kappa shape index (κ3) is 7.25. The van der Waals surface area contributed by atoms with Gasteiger partial charge in [-0.2, -0.15) is 0 Å². The van der Waals surface area contributed by atoms with E-state index in [1.54, 1.807) is 30.3 Å². The molecule has 0 unspecified atom stereocenters. The molecule has 4 rings (SSSR count). The number of halogens is 1. The number of fused-ring (bicyclic) bond motifs is 1. The van der Waals surface area contributed by atoms with Gasteiger partial charge in [0.25, 0.3) is 0 Å². The van der Waals surface area contributed by atoms with E-state index >= 15 is 0 Å². The molecule has 1 heterocycles. The number of benzene rings is 3. The molecule has 1 aliphatic heterocycles. The Morgan fingerprint density at radius 1 is 1.00 bits per heavy atom. The third-order valence-electron chi connectivity index (χ3n) is 6.61. The quantitative estimate of drug-likeness (QED) is 0.344. The average molecular weight is 586 g/mol. The van der Waals surface area contributed by atoms with Crippen LogP contribution in [-0.2, 0) is 32.6 Å². The van der Waals surface area contributed by atoms with E-state index in [4.69, 9.17) is 21.1 Å². The zero-order valence-corrected chi connectivity index (χ0v) is 24.0. The predicted molar refractivity (Wildman–Crippen MR) is 154 cm³/mol. The number of sulfonamides is 1. The van der Waals surface area contributed by atoms with E-state index in [2.05, 4.69) is 5.32 Å². The second-order valence-electron chi connectivity index (χ2n) is 9.41. The minimum absolute atomic E-state index is 0.0172. The van der Waals surface area contributed by atoms with Crippen molar-refractivity contribution in [3.8, 4) is 11.5 Å². The van der Waals surface area contributed by atoms with Gasteiger partial charge in [-0.25, -0.2) is 8.42 Å². The van der Waals surface area contributed by atoms with Crippen molar-refractivity contribution in [3.63, 3.8) is 0 Å². The van der Waals surface area contributed by atoms with Crippen molar-refractivity contribution in [2.75, 3.05) is 30.9 Å². The molecule has 3 aromatic rings. The van der Waals surface area contributed by atoms with Crippen LogP contribution < -0.4 is 19.1 Å². The van der Waals surface area contributed by atoms with Crippen LogP contribution in [0.1, 0.15) is 24.0 Å². The molecular weight excluding hydrogens is 554 g/mol. The van der Waals surface area contributed by atoms with Crippen LogP contribution in [0.2, 0.25) is 5.02 Å². The summed E-state index contributed by atoms with van der Waals surface area (Å²) in [4.78, 5) is 28.3. The SMILES string of the molecule is CNC(=O)[C@H](Cc1ccccc1)N(Cc1ccccc1Cl)C(=O)CCCN(c1ccc2c(c1)OCO2)S(C)(=O)=O. The van der Waals surface area contributed by atoms with Crippen molar-refractivity contribution in [2.24, 2.45) is 0 Å². The molecule has 1 atom stereocenters. The molecule has 0 aliphatic carbocycles. The van der Waals surface area contributed by atoms with Gasteiger partial charge in [0.15, 0.2) is 11.5 Å². The summed E-state index contributed by atoms with van der Waals surface area (Å²) in [7, 11) is -2.12. The number of anilines is 1. The molecule has 212 valence electrons. The number of ether oxygens (including phenoxy) is 2. The third-order valence-corrected chi connectivity index (χ3v) is 8.18. The summed E-state index contributed by atoms with van der Waals surface area (Å²) in [5.41, 5.74) is 2.02. The second-order valence-corrected chi connectivity index (χ2v) is 11.7. The lowest BCUT2D eigenvalue weighted by Crippen LogP contribution is -2.49. The topological polar surface area (TPSA) is 105 Å². The van der Waals surface area contributed by atoms with Crippen LogP contribution in [0.25, 0.3) is 0 Å². The van der Waals surface area contributed by atoms with Gasteiger partial charge >= 0.3 is 0 Å². The summed E-state index contributed by atoms with van der Waals surface area (Å²) < 4.78 is 37.3. The lowest BCUT2D eigenvalue weighted by Gasteiger charge is -2.32. The van der Waals surface area contributed by atoms with Gasteiger partial charge in [0.05, 0.1) is 11.9 Å². The minimum atomic E-state index is -3.65. The fourth-order valence-corrected chi connectivity index (χ4v) is 5.73. The first-order chi connectivity index (χ1) is 19.2. The van der Waals surface area contributed by atoms with Crippen molar-refractivity contribution in [1.82, 2.24) is 10.2 Å². The maximum absolute atomic E-state index is 13.7. The Morgan fingerprint density at radius 3 is 2.40 bits per heavy atom. The van der Waals surface area contributed by atoms with Gasteiger partial charge < -0.3 is 19.7 Å². The van der Waals surface area contributed by atoms with Gasteiger partial charge in [-0.3, -0.25) is 13.9 Å². The van der Waals surface area contributed by atoms with Crippen LogP contribution in [0.5, 0.6) is 11.5 Å². The van der Waals surface area contributed by atoms with Gasteiger partial charge in [-0.15, -0.1) is 0 Å². The summed E-state index contributed by atoms with van der Waals surface area (Å²) in [6, 6.07) is 20.7. The Bertz CT molecular complexity index is 1450.